The van der Waals surface area contributed by atoms with Crippen LogP contribution in [0.25, 0.3) is 11.0 Å². The molecule has 0 aliphatic rings. The van der Waals surface area contributed by atoms with Crippen LogP contribution in [0.4, 0.5) is 16.3 Å². The molecule has 2 amide bonds. The fourth-order valence-corrected chi connectivity index (χ4v) is 4.81. The number of carbonyl (C=O) groups is 3. The van der Waals surface area contributed by atoms with Crippen molar-refractivity contribution in [3.05, 3.63) is 83.8 Å². The number of nitrogens with one attached hydrogen (secondary N) is 2. The number of hydrogen-bond donors (Lipinski definition) is 2. The zero-order valence-corrected chi connectivity index (χ0v) is 27.4. The van der Waals surface area contributed by atoms with Crippen LogP contribution < -0.4 is 15.6 Å². The van der Waals surface area contributed by atoms with E-state index in [9.17, 15) is 14.4 Å². The summed E-state index contributed by atoms with van der Waals surface area (Å²) in [5, 5.41) is 7.33. The number of amides is 2. The lowest BCUT2D eigenvalue weighted by molar-refractivity contribution is -0.147. The number of aryl methyl sites for hydroxylation is 1. The second-order valence-electron chi connectivity index (χ2n) is 11.3. The number of anilines is 2. The van der Waals surface area contributed by atoms with Gasteiger partial charge in [0.2, 0.25) is 0 Å². The average Bonchev–Trinajstić information content (AvgIpc) is 3.38. The van der Waals surface area contributed by atoms with Gasteiger partial charge in [-0.15, -0.1) is 0 Å². The predicted molar refractivity (Wildman–Crippen MR) is 182 cm³/mol. The van der Waals surface area contributed by atoms with Crippen molar-refractivity contribution >= 4 is 46.7 Å². The van der Waals surface area contributed by atoms with Crippen LogP contribution in [0.2, 0.25) is 0 Å². The van der Waals surface area contributed by atoms with Crippen LogP contribution in [0.15, 0.2) is 72.0 Å². The number of fused-ring (bicyclic) bond motifs is 1. The highest BCUT2D eigenvalue weighted by molar-refractivity contribution is 6.07. The Morgan fingerprint density at radius 1 is 1.04 bits per heavy atom. The molecule has 0 aliphatic heterocycles. The summed E-state index contributed by atoms with van der Waals surface area (Å²) < 4.78 is 12.3. The number of hydrogen-bond acceptors (Lipinski definition) is 9. The monoisotopic (exact) mass is 641 g/mol. The number of aromatic nitrogens is 3. The normalized spacial score (nSPS) is 11.2. The van der Waals surface area contributed by atoms with Crippen molar-refractivity contribution in [3.8, 4) is 0 Å². The number of unbranched alkanes of at least 4 members (excludes halogenated alkanes) is 3. The molecule has 47 heavy (non-hydrogen) atoms. The fraction of sp³-hybridized carbons (Fsp3) is 0.371. The third-order valence-electron chi connectivity index (χ3n) is 7.26. The Morgan fingerprint density at radius 2 is 1.85 bits per heavy atom. The van der Waals surface area contributed by atoms with Crippen molar-refractivity contribution in [1.82, 2.24) is 20.0 Å². The van der Waals surface area contributed by atoms with Gasteiger partial charge in [0.25, 0.3) is 5.91 Å². The van der Waals surface area contributed by atoms with E-state index in [4.69, 9.17) is 14.5 Å². The van der Waals surface area contributed by atoms with Crippen LogP contribution in [0.5, 0.6) is 0 Å². The zero-order chi connectivity index (χ0) is 33.6. The molecule has 248 valence electrons. The molecule has 2 N–H and O–H groups in total. The topological polar surface area (TPSA) is 140 Å². The highest BCUT2D eigenvalue weighted by Crippen LogP contribution is 2.21. The van der Waals surface area contributed by atoms with E-state index in [1.165, 1.54) is 4.90 Å². The minimum Gasteiger partial charge on any atom is -0.463 e. The lowest BCUT2D eigenvalue weighted by atomic mass is 10.1. The first-order valence-corrected chi connectivity index (χ1v) is 15.9. The van der Waals surface area contributed by atoms with E-state index in [-0.39, 0.29) is 30.9 Å². The van der Waals surface area contributed by atoms with Gasteiger partial charge in [-0.3, -0.25) is 14.5 Å². The van der Waals surface area contributed by atoms with Crippen LogP contribution in [0.1, 0.15) is 74.6 Å². The molecule has 0 radical (unpaired) electrons. The van der Waals surface area contributed by atoms with E-state index in [0.29, 0.717) is 30.0 Å². The largest absolute Gasteiger partial charge is 0.463 e. The van der Waals surface area contributed by atoms with E-state index in [1.807, 2.05) is 41.9 Å². The Balaban J connectivity index is 1.36. The molecule has 0 saturated heterocycles. The molecule has 0 fully saturated rings. The molecule has 0 saturated carbocycles. The summed E-state index contributed by atoms with van der Waals surface area (Å²) in [5.74, 6) is 0.568. The van der Waals surface area contributed by atoms with Gasteiger partial charge >= 0.3 is 12.1 Å². The van der Waals surface area contributed by atoms with Gasteiger partial charge in [0.05, 0.1) is 42.9 Å². The molecular formula is C35H43N7O5. The van der Waals surface area contributed by atoms with E-state index in [2.05, 4.69) is 27.8 Å². The van der Waals surface area contributed by atoms with Crippen molar-refractivity contribution in [2.45, 2.75) is 65.5 Å². The highest BCUT2D eigenvalue weighted by Gasteiger charge is 2.22. The van der Waals surface area contributed by atoms with E-state index < -0.39 is 6.09 Å². The third-order valence-corrected chi connectivity index (χ3v) is 7.26. The van der Waals surface area contributed by atoms with Crippen LogP contribution in [-0.4, -0.2) is 58.0 Å². The molecule has 4 rings (SSSR count). The Morgan fingerprint density at radius 3 is 2.57 bits per heavy atom. The first-order chi connectivity index (χ1) is 22.7. The van der Waals surface area contributed by atoms with Gasteiger partial charge in [-0.2, -0.15) is 5.10 Å². The highest BCUT2D eigenvalue weighted by atomic mass is 16.6. The first-order valence-electron chi connectivity index (χ1n) is 15.9. The zero-order valence-electron chi connectivity index (χ0n) is 27.4. The standard InChI is InChI=1S/C35H43N7O5/c1-5-6-7-10-21-46-35(45)40-38-23-26-12-15-28(16-13-26)37-24-32-39-29-22-27(14-17-30(29)41(32)4)34(44)42(31-11-8-9-19-36-31)20-18-33(43)47-25(2)3/h8-9,11-17,19,22-23,25,37H,5-7,10,18,20-21,24H2,1-4H3,(H,40,45). The molecule has 0 spiro atoms. The second kappa shape index (κ2) is 17.4. The number of benzene rings is 2. The predicted octanol–water partition coefficient (Wildman–Crippen LogP) is 6.21. The van der Waals surface area contributed by atoms with Crippen molar-refractivity contribution in [1.29, 1.82) is 0 Å². The number of imidazole rings is 1. The van der Waals surface area contributed by atoms with Crippen molar-refractivity contribution in [2.75, 3.05) is 23.4 Å². The number of esters is 1. The number of carbonyl (C=O) groups excluding carboxylic acids is 3. The second-order valence-corrected chi connectivity index (χ2v) is 11.3. The summed E-state index contributed by atoms with van der Waals surface area (Å²) in [6, 6.07) is 18.3. The molecule has 12 heteroatoms. The minimum atomic E-state index is -0.566. The van der Waals surface area contributed by atoms with Gasteiger partial charge in [-0.25, -0.2) is 20.2 Å². The van der Waals surface area contributed by atoms with Crippen molar-refractivity contribution in [3.63, 3.8) is 0 Å². The fourth-order valence-electron chi connectivity index (χ4n) is 4.81. The minimum absolute atomic E-state index is 0.0424. The molecular weight excluding hydrogens is 598 g/mol. The Hall–Kier alpha value is -5.26. The van der Waals surface area contributed by atoms with Gasteiger partial charge < -0.3 is 19.4 Å². The molecule has 2 aromatic heterocycles. The van der Waals surface area contributed by atoms with Crippen molar-refractivity contribution < 1.29 is 23.9 Å². The summed E-state index contributed by atoms with van der Waals surface area (Å²) in [4.78, 5) is 48.3. The van der Waals surface area contributed by atoms with Gasteiger partial charge in [0, 0.05) is 31.0 Å². The Labute approximate surface area is 275 Å². The third kappa shape index (κ3) is 10.4. The average molecular weight is 642 g/mol. The molecule has 0 aliphatic carbocycles. The Kier molecular flexibility index (Phi) is 12.8. The van der Waals surface area contributed by atoms with Crippen LogP contribution in [0, 0.1) is 0 Å². The van der Waals surface area contributed by atoms with Crippen LogP contribution >= 0.6 is 0 Å². The number of pyridine rings is 1. The van der Waals surface area contributed by atoms with E-state index in [1.54, 1.807) is 56.6 Å². The van der Waals surface area contributed by atoms with E-state index in [0.717, 1.165) is 48.3 Å². The maximum atomic E-state index is 13.7. The molecule has 0 bridgehead atoms. The van der Waals surface area contributed by atoms with Gasteiger partial charge in [0.1, 0.15) is 11.6 Å². The summed E-state index contributed by atoms with van der Waals surface area (Å²) in [7, 11) is 1.93. The number of ether oxygens (including phenoxy) is 2. The van der Waals surface area contributed by atoms with Gasteiger partial charge in [-0.1, -0.05) is 44.4 Å². The summed E-state index contributed by atoms with van der Waals surface area (Å²) in [5.41, 5.74) is 6.06. The first kappa shape index (κ1) is 34.6. The number of nitrogens with zero attached hydrogens (tertiary/aromatic N) is 5. The molecule has 2 aromatic carbocycles. The maximum Gasteiger partial charge on any atom is 0.427 e. The smallest absolute Gasteiger partial charge is 0.427 e. The summed E-state index contributed by atoms with van der Waals surface area (Å²) >= 11 is 0. The summed E-state index contributed by atoms with van der Waals surface area (Å²) in [6.45, 7) is 6.67. The lowest BCUT2D eigenvalue weighted by Gasteiger charge is -2.21. The maximum absolute atomic E-state index is 13.7. The SMILES string of the molecule is CCCCCCOC(=O)NN=Cc1ccc(NCc2nc3cc(C(=O)N(CCC(=O)OC(C)C)c4ccccn4)ccc3n2C)cc1. The number of hydrazone groups is 1. The molecule has 2 heterocycles. The van der Waals surface area contributed by atoms with E-state index >= 15 is 0 Å². The molecule has 0 atom stereocenters. The quantitative estimate of drug-likeness (QED) is 0.0637. The molecule has 12 nitrogen and oxygen atoms in total. The van der Waals surface area contributed by atoms with Crippen LogP contribution in [-0.2, 0) is 27.9 Å². The molecule has 4 aromatic rings. The Bertz CT molecular complexity index is 1650. The number of rotatable bonds is 16. The van der Waals surface area contributed by atoms with Crippen LogP contribution in [0.3, 0.4) is 0 Å². The lowest BCUT2D eigenvalue weighted by Crippen LogP contribution is -2.34. The van der Waals surface area contributed by atoms with Gasteiger partial charge in [-0.05, 0) is 68.3 Å². The van der Waals surface area contributed by atoms with Gasteiger partial charge in [0.15, 0.2) is 0 Å². The molecule has 0 unspecified atom stereocenters. The van der Waals surface area contributed by atoms with Crippen molar-refractivity contribution in [2.24, 2.45) is 12.1 Å². The summed E-state index contributed by atoms with van der Waals surface area (Å²) in [6.07, 6.45) is 6.55.